The van der Waals surface area contributed by atoms with Crippen LogP contribution in [0.4, 0.5) is 10.5 Å². The normalized spacial score (nSPS) is 16.5. The van der Waals surface area contributed by atoms with E-state index in [9.17, 15) is 13.2 Å². The molecule has 1 saturated heterocycles. The summed E-state index contributed by atoms with van der Waals surface area (Å²) in [6, 6.07) is 5.37. The zero-order chi connectivity index (χ0) is 18.0. The van der Waals surface area contributed by atoms with Crippen LogP contribution in [0, 0.1) is 0 Å². The molecule has 9 heteroatoms. The highest BCUT2D eigenvalue weighted by Crippen LogP contribution is 2.22. The van der Waals surface area contributed by atoms with E-state index in [0.29, 0.717) is 25.9 Å². The number of nitrogens with zero attached hydrogens (tertiary/aromatic N) is 2. The molecule has 1 aromatic carbocycles. The van der Waals surface area contributed by atoms with E-state index < -0.39 is 15.3 Å². The van der Waals surface area contributed by atoms with Crippen LogP contribution in [-0.2, 0) is 10.0 Å². The number of urea groups is 1. The number of nitrogens with one attached hydrogen (secondary N) is 2. The van der Waals surface area contributed by atoms with E-state index in [4.69, 9.17) is 0 Å². The maximum absolute atomic E-state index is 12.4. The van der Waals surface area contributed by atoms with Gasteiger partial charge in [-0.15, -0.1) is 11.3 Å². The second-order valence-electron chi connectivity index (χ2n) is 6.44. The van der Waals surface area contributed by atoms with Gasteiger partial charge in [-0.25, -0.2) is 22.9 Å². The smallest absolute Gasteiger partial charge is 0.321 e. The molecule has 2 amide bonds. The van der Waals surface area contributed by atoms with Gasteiger partial charge in [0.25, 0.3) is 0 Å². The van der Waals surface area contributed by atoms with Crippen molar-refractivity contribution in [1.82, 2.24) is 14.6 Å². The summed E-state index contributed by atoms with van der Waals surface area (Å²) in [6.45, 7) is 4.37. The third-order valence-corrected chi connectivity index (χ3v) is 7.01. The number of carbonyl (C=O) groups excluding carboxylic acids is 1. The molecule has 3 rings (SSSR count). The minimum Gasteiger partial charge on any atom is -0.324 e. The number of benzene rings is 1. The lowest BCUT2D eigenvalue weighted by molar-refractivity contribution is 0.193. The van der Waals surface area contributed by atoms with Crippen molar-refractivity contribution in [2.24, 2.45) is 0 Å². The number of rotatable bonds is 4. The van der Waals surface area contributed by atoms with E-state index in [2.05, 4.69) is 15.0 Å². The third kappa shape index (κ3) is 4.28. The van der Waals surface area contributed by atoms with E-state index in [0.717, 1.165) is 15.9 Å². The Kier molecular flexibility index (Phi) is 5.26. The summed E-state index contributed by atoms with van der Waals surface area (Å²) >= 11 is 1.53. The first-order valence-corrected chi connectivity index (χ1v) is 10.7. The molecule has 1 aliphatic heterocycles. The molecule has 2 N–H and O–H groups in total. The molecule has 1 aliphatic rings. The first-order chi connectivity index (χ1) is 11.8. The van der Waals surface area contributed by atoms with Crippen LogP contribution in [-0.4, -0.2) is 48.7 Å². The van der Waals surface area contributed by atoms with Crippen LogP contribution in [0.25, 0.3) is 10.2 Å². The van der Waals surface area contributed by atoms with Crippen LogP contribution in [0.5, 0.6) is 0 Å². The lowest BCUT2D eigenvalue weighted by Gasteiger charge is -2.32. The van der Waals surface area contributed by atoms with Gasteiger partial charge < -0.3 is 10.2 Å². The van der Waals surface area contributed by atoms with E-state index in [1.807, 2.05) is 18.2 Å². The third-order valence-electron chi connectivity index (χ3n) is 4.32. The molecule has 7 nitrogen and oxygen atoms in total. The Bertz CT molecular complexity index is 855. The van der Waals surface area contributed by atoms with Gasteiger partial charge >= 0.3 is 6.03 Å². The highest BCUT2D eigenvalue weighted by molar-refractivity contribution is 7.90. The van der Waals surface area contributed by atoms with Gasteiger partial charge in [-0.3, -0.25) is 0 Å². The minimum atomic E-state index is -3.27. The summed E-state index contributed by atoms with van der Waals surface area (Å²) in [4.78, 5) is 18.3. The largest absolute Gasteiger partial charge is 0.324 e. The van der Waals surface area contributed by atoms with Crippen LogP contribution in [0.1, 0.15) is 26.7 Å². The second kappa shape index (κ2) is 7.27. The molecule has 0 bridgehead atoms. The van der Waals surface area contributed by atoms with E-state index in [-0.39, 0.29) is 12.1 Å². The topological polar surface area (TPSA) is 91.4 Å². The molecule has 0 radical (unpaired) electrons. The van der Waals surface area contributed by atoms with Gasteiger partial charge in [-0.2, -0.15) is 0 Å². The maximum Gasteiger partial charge on any atom is 0.321 e. The number of aromatic nitrogens is 1. The fraction of sp³-hybridized carbons (Fsp3) is 0.500. The molecule has 1 aromatic heterocycles. The first kappa shape index (κ1) is 18.1. The Hall–Kier alpha value is -1.71. The van der Waals surface area contributed by atoms with Crippen molar-refractivity contribution in [2.75, 3.05) is 18.4 Å². The molecule has 2 heterocycles. The number of fused-ring (bicyclic) bond motifs is 1. The first-order valence-electron chi connectivity index (χ1n) is 8.25. The lowest BCUT2D eigenvalue weighted by Crippen LogP contribution is -2.48. The number of carbonyl (C=O) groups is 1. The van der Waals surface area contributed by atoms with Crippen LogP contribution in [0.15, 0.2) is 23.7 Å². The standard InChI is InChI=1S/C16H22N4O3S2/c1-11(2)25(22,23)19-12-5-7-20(8-6-12)16(21)18-13-3-4-14-15(9-13)24-10-17-14/h3-4,9-12,19H,5-8H2,1-2H3,(H,18,21). The molecular formula is C16H22N4O3S2. The number of sulfonamides is 1. The summed E-state index contributed by atoms with van der Waals surface area (Å²) in [5.74, 6) is 0. The zero-order valence-corrected chi connectivity index (χ0v) is 15.9. The molecule has 25 heavy (non-hydrogen) atoms. The average Bonchev–Trinajstić information content (AvgIpc) is 3.02. The van der Waals surface area contributed by atoms with Crippen molar-refractivity contribution in [3.63, 3.8) is 0 Å². The van der Waals surface area contributed by atoms with E-state index in [1.165, 1.54) is 11.3 Å². The van der Waals surface area contributed by atoms with Crippen molar-refractivity contribution >= 4 is 43.3 Å². The SMILES string of the molecule is CC(C)S(=O)(=O)NC1CCN(C(=O)Nc2ccc3ncsc3c2)CC1. The van der Waals surface area contributed by atoms with Gasteiger partial charge in [0.05, 0.1) is 21.0 Å². The average molecular weight is 383 g/mol. The van der Waals surface area contributed by atoms with Crippen LogP contribution in [0.2, 0.25) is 0 Å². The quantitative estimate of drug-likeness (QED) is 0.850. The minimum absolute atomic E-state index is 0.106. The fourth-order valence-electron chi connectivity index (χ4n) is 2.70. The van der Waals surface area contributed by atoms with Crippen molar-refractivity contribution in [3.05, 3.63) is 23.7 Å². The monoisotopic (exact) mass is 382 g/mol. The Balaban J connectivity index is 1.54. The molecule has 0 unspecified atom stereocenters. The number of piperidine rings is 1. The van der Waals surface area contributed by atoms with E-state index >= 15 is 0 Å². The van der Waals surface area contributed by atoms with Crippen LogP contribution < -0.4 is 10.0 Å². The van der Waals surface area contributed by atoms with Gasteiger partial charge in [-0.1, -0.05) is 0 Å². The predicted octanol–water partition coefficient (Wildman–Crippen LogP) is 2.62. The van der Waals surface area contributed by atoms with E-state index in [1.54, 1.807) is 24.3 Å². The molecular weight excluding hydrogens is 360 g/mol. The highest BCUT2D eigenvalue weighted by Gasteiger charge is 2.27. The van der Waals surface area contributed by atoms with Crippen molar-refractivity contribution in [2.45, 2.75) is 38.0 Å². The number of anilines is 1. The summed E-state index contributed by atoms with van der Waals surface area (Å²) in [7, 11) is -3.27. The maximum atomic E-state index is 12.4. The van der Waals surface area contributed by atoms with Gasteiger partial charge in [0.1, 0.15) is 0 Å². The van der Waals surface area contributed by atoms with Crippen molar-refractivity contribution in [1.29, 1.82) is 0 Å². The Labute approximate surface area is 151 Å². The Morgan fingerprint density at radius 2 is 2.04 bits per heavy atom. The van der Waals surface area contributed by atoms with Gasteiger partial charge in [0.2, 0.25) is 10.0 Å². The van der Waals surface area contributed by atoms with Gasteiger partial charge in [0.15, 0.2) is 0 Å². The zero-order valence-electron chi connectivity index (χ0n) is 14.2. The predicted molar refractivity (Wildman–Crippen MR) is 100 cm³/mol. The molecule has 136 valence electrons. The molecule has 2 aromatic rings. The van der Waals surface area contributed by atoms with Crippen LogP contribution >= 0.6 is 11.3 Å². The molecule has 0 saturated carbocycles. The molecule has 0 aliphatic carbocycles. The Morgan fingerprint density at radius 1 is 1.32 bits per heavy atom. The number of hydrogen-bond acceptors (Lipinski definition) is 5. The van der Waals surface area contributed by atoms with Gasteiger partial charge in [0, 0.05) is 24.8 Å². The second-order valence-corrected chi connectivity index (χ2v) is 9.59. The number of thiazole rings is 1. The number of amides is 2. The highest BCUT2D eigenvalue weighted by atomic mass is 32.2. The van der Waals surface area contributed by atoms with Crippen LogP contribution in [0.3, 0.4) is 0 Å². The fourth-order valence-corrected chi connectivity index (χ4v) is 4.39. The summed E-state index contributed by atoms with van der Waals surface area (Å²) in [5.41, 5.74) is 3.44. The number of hydrogen-bond donors (Lipinski definition) is 2. The molecule has 0 spiro atoms. The van der Waals surface area contributed by atoms with Gasteiger partial charge in [-0.05, 0) is 44.9 Å². The summed E-state index contributed by atoms with van der Waals surface area (Å²) < 4.78 is 27.6. The summed E-state index contributed by atoms with van der Waals surface area (Å²) in [5, 5.41) is 2.45. The summed E-state index contributed by atoms with van der Waals surface area (Å²) in [6.07, 6.45) is 1.24. The van der Waals surface area contributed by atoms with Crippen molar-refractivity contribution in [3.8, 4) is 0 Å². The number of likely N-dealkylation sites (tertiary alicyclic amines) is 1. The molecule has 0 atom stereocenters. The lowest BCUT2D eigenvalue weighted by atomic mass is 10.1. The molecule has 1 fully saturated rings. The Morgan fingerprint density at radius 3 is 2.72 bits per heavy atom. The van der Waals surface area contributed by atoms with Crippen molar-refractivity contribution < 1.29 is 13.2 Å².